The van der Waals surface area contributed by atoms with Crippen molar-refractivity contribution in [2.45, 2.75) is 71.2 Å². The molecule has 3 heterocycles. The van der Waals surface area contributed by atoms with Crippen LogP contribution in [0.3, 0.4) is 0 Å². The summed E-state index contributed by atoms with van der Waals surface area (Å²) >= 11 is 0. The first-order chi connectivity index (χ1) is 18.2. The van der Waals surface area contributed by atoms with Crippen LogP contribution in [0.25, 0.3) is 6.08 Å². The molecule has 3 rings (SSSR count). The Morgan fingerprint density at radius 1 is 1.15 bits per heavy atom. The number of nitrogens with zero attached hydrogens (tertiary/aromatic N) is 2. The van der Waals surface area contributed by atoms with Crippen LogP contribution in [0.2, 0.25) is 18.1 Å². The van der Waals surface area contributed by atoms with Crippen molar-refractivity contribution < 1.29 is 17.0 Å². The summed E-state index contributed by atoms with van der Waals surface area (Å²) in [5.41, 5.74) is 7.03. The highest BCUT2D eigenvalue weighted by atomic mass is 32.2. The molecule has 1 aliphatic rings. The van der Waals surface area contributed by atoms with Crippen LogP contribution in [-0.2, 0) is 31.8 Å². The SMILES string of the molecule is COS(=O)(=O)CCCc1cc(CO[Si](C)(C)C(C)(C)C)[nH]c1C=C1N=C(c2ccc[nH]2)C=C1CCCN(C)C. The topological polar surface area (TPSA) is 99.8 Å². The minimum Gasteiger partial charge on any atom is -0.411 e. The van der Waals surface area contributed by atoms with Gasteiger partial charge in [-0.3, -0.25) is 4.18 Å². The highest BCUT2D eigenvalue weighted by Crippen LogP contribution is 2.37. The van der Waals surface area contributed by atoms with Gasteiger partial charge in [0.05, 0.1) is 36.6 Å². The van der Waals surface area contributed by atoms with E-state index in [4.69, 9.17) is 9.42 Å². The van der Waals surface area contributed by atoms with Crippen molar-refractivity contribution in [3.05, 3.63) is 64.4 Å². The number of hydrogen-bond donors (Lipinski definition) is 2. The lowest BCUT2D eigenvalue weighted by Gasteiger charge is -2.36. The van der Waals surface area contributed by atoms with E-state index in [1.807, 2.05) is 18.3 Å². The van der Waals surface area contributed by atoms with Crippen LogP contribution >= 0.6 is 0 Å². The predicted octanol–water partition coefficient (Wildman–Crippen LogP) is 5.89. The van der Waals surface area contributed by atoms with Crippen LogP contribution in [0.5, 0.6) is 0 Å². The molecule has 0 aromatic carbocycles. The number of H-pyrrole nitrogens is 2. The molecule has 0 radical (unpaired) electrons. The van der Waals surface area contributed by atoms with Crippen molar-refractivity contribution in [2.75, 3.05) is 33.5 Å². The summed E-state index contributed by atoms with van der Waals surface area (Å²) in [6.45, 7) is 12.7. The third kappa shape index (κ3) is 8.88. The van der Waals surface area contributed by atoms with Crippen LogP contribution in [0.15, 0.2) is 46.7 Å². The van der Waals surface area contributed by atoms with Crippen LogP contribution < -0.4 is 0 Å². The van der Waals surface area contributed by atoms with E-state index in [9.17, 15) is 8.42 Å². The lowest BCUT2D eigenvalue weighted by atomic mass is 10.0. The Morgan fingerprint density at radius 3 is 2.51 bits per heavy atom. The Bertz CT molecular complexity index is 1300. The fourth-order valence-electron chi connectivity index (χ4n) is 4.14. The number of aromatic amines is 2. The summed E-state index contributed by atoms with van der Waals surface area (Å²) < 4.78 is 35.0. The molecule has 0 spiro atoms. The number of allylic oxidation sites excluding steroid dienone is 2. The van der Waals surface area contributed by atoms with E-state index in [2.05, 4.69) is 85.2 Å². The second-order valence-corrected chi connectivity index (χ2v) is 18.7. The van der Waals surface area contributed by atoms with Crippen molar-refractivity contribution in [2.24, 2.45) is 4.99 Å². The van der Waals surface area contributed by atoms with Crippen molar-refractivity contribution in [1.82, 2.24) is 14.9 Å². The van der Waals surface area contributed by atoms with Crippen molar-refractivity contribution >= 4 is 30.2 Å². The van der Waals surface area contributed by atoms with E-state index in [-0.39, 0.29) is 10.8 Å². The van der Waals surface area contributed by atoms with Crippen LogP contribution in [0.4, 0.5) is 0 Å². The fourth-order valence-corrected chi connectivity index (χ4v) is 5.75. The van der Waals surface area contributed by atoms with Gasteiger partial charge in [-0.1, -0.05) is 20.8 Å². The molecule has 0 unspecified atom stereocenters. The predicted molar refractivity (Wildman–Crippen MR) is 163 cm³/mol. The van der Waals surface area contributed by atoms with Crippen molar-refractivity contribution in [3.63, 3.8) is 0 Å². The molecule has 2 aromatic heterocycles. The maximum Gasteiger partial charge on any atom is 0.267 e. The molecule has 0 amide bonds. The van der Waals surface area contributed by atoms with Gasteiger partial charge in [-0.25, -0.2) is 4.99 Å². The van der Waals surface area contributed by atoms with Crippen molar-refractivity contribution in [3.8, 4) is 0 Å². The molecule has 0 saturated carbocycles. The largest absolute Gasteiger partial charge is 0.411 e. The summed E-state index contributed by atoms with van der Waals surface area (Å²) in [6, 6.07) is 6.12. The molecule has 2 N–H and O–H groups in total. The Hall–Kier alpha value is -2.24. The first kappa shape index (κ1) is 31.3. The zero-order chi connectivity index (χ0) is 28.8. The minimum atomic E-state index is -3.51. The first-order valence-electron chi connectivity index (χ1n) is 13.6. The second kappa shape index (κ2) is 12.9. The highest BCUT2D eigenvalue weighted by molar-refractivity contribution is 7.86. The van der Waals surface area contributed by atoms with E-state index in [1.165, 1.54) is 12.7 Å². The molecule has 10 heteroatoms. The molecule has 1 aliphatic heterocycles. The van der Waals surface area contributed by atoms with E-state index in [0.717, 1.165) is 53.4 Å². The summed E-state index contributed by atoms with van der Waals surface area (Å²) in [5, 5.41) is 0.112. The molecule has 0 fully saturated rings. The fraction of sp³-hybridized carbons (Fsp3) is 0.552. The highest BCUT2D eigenvalue weighted by Gasteiger charge is 2.37. The monoisotopic (exact) mass is 574 g/mol. The Morgan fingerprint density at radius 2 is 1.90 bits per heavy atom. The number of nitrogens with one attached hydrogen (secondary N) is 2. The third-order valence-electron chi connectivity index (χ3n) is 7.57. The Kier molecular flexibility index (Phi) is 10.4. The van der Waals surface area contributed by atoms with Gasteiger partial charge in [-0.2, -0.15) is 8.42 Å². The van der Waals surface area contributed by atoms with Crippen LogP contribution in [0, 0.1) is 0 Å². The van der Waals surface area contributed by atoms with Gasteiger partial charge < -0.3 is 19.3 Å². The van der Waals surface area contributed by atoms with Gasteiger partial charge >= 0.3 is 0 Å². The smallest absolute Gasteiger partial charge is 0.267 e. The van der Waals surface area contributed by atoms with Gasteiger partial charge in [0, 0.05) is 17.6 Å². The number of aryl methyl sites for hydroxylation is 1. The maximum atomic E-state index is 11.9. The summed E-state index contributed by atoms with van der Waals surface area (Å²) in [4.78, 5) is 14.0. The van der Waals surface area contributed by atoms with E-state index in [1.54, 1.807) is 0 Å². The average Bonchev–Trinajstić information content (AvgIpc) is 3.58. The second-order valence-electron chi connectivity index (χ2n) is 12.0. The van der Waals surface area contributed by atoms with E-state index >= 15 is 0 Å². The van der Waals surface area contributed by atoms with E-state index in [0.29, 0.717) is 19.4 Å². The van der Waals surface area contributed by atoms with Crippen LogP contribution in [0.1, 0.15) is 62.7 Å². The number of hydrogen-bond acceptors (Lipinski definition) is 6. The van der Waals surface area contributed by atoms with Gasteiger partial charge in [0.1, 0.15) is 0 Å². The molecule has 39 heavy (non-hydrogen) atoms. The van der Waals surface area contributed by atoms with Crippen molar-refractivity contribution in [1.29, 1.82) is 0 Å². The van der Waals surface area contributed by atoms with Gasteiger partial charge in [-0.15, -0.1) is 0 Å². The molecule has 0 saturated heterocycles. The van der Waals surface area contributed by atoms with Gasteiger partial charge in [0.15, 0.2) is 8.32 Å². The summed E-state index contributed by atoms with van der Waals surface area (Å²) in [5.74, 6) is -0.0225. The number of rotatable bonds is 14. The molecule has 8 nitrogen and oxygen atoms in total. The van der Waals surface area contributed by atoms with Crippen LogP contribution in [-0.4, -0.2) is 70.8 Å². The average molecular weight is 575 g/mol. The van der Waals surface area contributed by atoms with Gasteiger partial charge in [-0.05, 0) is 106 Å². The lowest BCUT2D eigenvalue weighted by Crippen LogP contribution is -2.40. The molecule has 0 aliphatic carbocycles. The number of aliphatic imine (C=N–C) groups is 1. The number of aromatic nitrogens is 2. The molecule has 0 atom stereocenters. The van der Waals surface area contributed by atoms with E-state index < -0.39 is 18.4 Å². The first-order valence-corrected chi connectivity index (χ1v) is 18.1. The normalized spacial score (nSPS) is 15.9. The molecule has 0 bridgehead atoms. The lowest BCUT2D eigenvalue weighted by molar-refractivity contribution is 0.272. The Labute approximate surface area is 235 Å². The minimum absolute atomic E-state index is 0.0225. The zero-order valence-corrected chi connectivity index (χ0v) is 26.7. The van der Waals surface area contributed by atoms with Gasteiger partial charge in [0.25, 0.3) is 10.1 Å². The molecule has 2 aromatic rings. The quantitative estimate of drug-likeness (QED) is 0.217. The molecular weight excluding hydrogens is 528 g/mol. The molecular formula is C29H46N4O4SSi. The summed E-state index contributed by atoms with van der Waals surface area (Å²) in [6.07, 6.45) is 9.20. The standard InChI is InChI=1S/C29H46N4O4SSi/c1-29(2,3)39(7,8)37-21-24-18-22(13-11-17-38(34,35)36-6)26(31-24)20-27-23(12-10-16-33(4)5)19-28(32-27)25-14-9-15-30-25/h9,14-15,18-20,30-31H,10-13,16-17,21H2,1-8H3. The zero-order valence-electron chi connectivity index (χ0n) is 24.8. The molecule has 216 valence electrons. The maximum absolute atomic E-state index is 11.9. The third-order valence-corrected chi connectivity index (χ3v) is 13.3. The summed E-state index contributed by atoms with van der Waals surface area (Å²) in [7, 11) is -0.0546. The Balaban J connectivity index is 1.92. The van der Waals surface area contributed by atoms with Gasteiger partial charge in [0.2, 0.25) is 0 Å².